The van der Waals surface area contributed by atoms with Gasteiger partial charge in [-0.25, -0.2) is 9.97 Å². The van der Waals surface area contributed by atoms with Crippen LogP contribution in [-0.4, -0.2) is 26.5 Å². The number of benzene rings is 1. The Balaban J connectivity index is 1.96. The van der Waals surface area contributed by atoms with Gasteiger partial charge in [0.2, 0.25) is 5.95 Å². The molecule has 0 aliphatic rings. The van der Waals surface area contributed by atoms with Crippen LogP contribution in [0.5, 0.6) is 0 Å². The van der Waals surface area contributed by atoms with Crippen molar-refractivity contribution in [3.8, 4) is 0 Å². The van der Waals surface area contributed by atoms with Crippen molar-refractivity contribution in [3.05, 3.63) is 58.4 Å². The fourth-order valence-corrected chi connectivity index (χ4v) is 1.51. The lowest BCUT2D eigenvalue weighted by molar-refractivity contribution is -0.384. The number of aliphatic hydroxyl groups excluding tert-OH is 1. The average Bonchev–Trinajstić information content (AvgIpc) is 2.46. The largest absolute Gasteiger partial charge is 0.387 e. The molecule has 0 unspecified atom stereocenters. The van der Waals surface area contributed by atoms with Gasteiger partial charge in [0.15, 0.2) is 0 Å². The Morgan fingerprint density at radius 2 is 1.89 bits per heavy atom. The van der Waals surface area contributed by atoms with Crippen molar-refractivity contribution in [1.82, 2.24) is 9.97 Å². The van der Waals surface area contributed by atoms with E-state index in [-0.39, 0.29) is 12.2 Å². The second-order valence-corrected chi connectivity index (χ2v) is 3.82. The van der Waals surface area contributed by atoms with Crippen LogP contribution in [0.15, 0.2) is 42.7 Å². The Morgan fingerprint density at radius 1 is 1.26 bits per heavy atom. The summed E-state index contributed by atoms with van der Waals surface area (Å²) in [5, 5.41) is 23.3. The molecule has 0 fully saturated rings. The van der Waals surface area contributed by atoms with Gasteiger partial charge in [0, 0.05) is 31.1 Å². The quantitative estimate of drug-likeness (QED) is 0.624. The van der Waals surface area contributed by atoms with Crippen LogP contribution in [0.2, 0.25) is 0 Å². The van der Waals surface area contributed by atoms with Crippen molar-refractivity contribution >= 4 is 11.6 Å². The fourth-order valence-electron chi connectivity index (χ4n) is 1.51. The number of aliphatic hydroxyl groups is 1. The van der Waals surface area contributed by atoms with Gasteiger partial charge in [-0.05, 0) is 23.8 Å². The minimum Gasteiger partial charge on any atom is -0.387 e. The molecule has 1 aromatic carbocycles. The lowest BCUT2D eigenvalue weighted by Gasteiger charge is -2.11. The van der Waals surface area contributed by atoms with Gasteiger partial charge in [-0.3, -0.25) is 10.1 Å². The standard InChI is InChI=1S/C12H12N4O3/c17-11(8-15-12-13-6-1-7-14-12)9-2-4-10(5-3-9)16(18)19/h1-7,11,17H,8H2,(H,13,14,15)/t11-/m1/s1. The second-order valence-electron chi connectivity index (χ2n) is 3.82. The number of non-ortho nitro benzene ring substituents is 1. The van der Waals surface area contributed by atoms with Crippen LogP contribution < -0.4 is 5.32 Å². The number of hydrogen-bond donors (Lipinski definition) is 2. The van der Waals surface area contributed by atoms with Crippen molar-refractivity contribution in [3.63, 3.8) is 0 Å². The van der Waals surface area contributed by atoms with Crippen LogP contribution in [0.25, 0.3) is 0 Å². The van der Waals surface area contributed by atoms with E-state index < -0.39 is 11.0 Å². The summed E-state index contributed by atoms with van der Waals surface area (Å²) in [5.74, 6) is 0.420. The predicted octanol–water partition coefficient (Wildman–Crippen LogP) is 1.53. The molecule has 7 heteroatoms. The van der Waals surface area contributed by atoms with Gasteiger partial charge >= 0.3 is 0 Å². The molecule has 0 aliphatic heterocycles. The summed E-state index contributed by atoms with van der Waals surface area (Å²) in [7, 11) is 0. The Kier molecular flexibility index (Phi) is 3.99. The molecule has 0 saturated heterocycles. The lowest BCUT2D eigenvalue weighted by atomic mass is 10.1. The molecule has 0 aliphatic carbocycles. The maximum absolute atomic E-state index is 10.5. The average molecular weight is 260 g/mol. The Morgan fingerprint density at radius 3 is 2.47 bits per heavy atom. The molecular formula is C12H12N4O3. The van der Waals surface area contributed by atoms with E-state index in [9.17, 15) is 15.2 Å². The summed E-state index contributed by atoms with van der Waals surface area (Å²) >= 11 is 0. The van der Waals surface area contributed by atoms with Crippen LogP contribution >= 0.6 is 0 Å². The van der Waals surface area contributed by atoms with E-state index >= 15 is 0 Å². The summed E-state index contributed by atoms with van der Waals surface area (Å²) in [4.78, 5) is 17.9. The van der Waals surface area contributed by atoms with Gasteiger partial charge in [-0.2, -0.15) is 0 Å². The number of anilines is 1. The van der Waals surface area contributed by atoms with Crippen molar-refractivity contribution < 1.29 is 10.0 Å². The topological polar surface area (TPSA) is 101 Å². The van der Waals surface area contributed by atoms with E-state index in [1.807, 2.05) is 0 Å². The number of rotatable bonds is 5. The highest BCUT2D eigenvalue weighted by atomic mass is 16.6. The molecule has 0 radical (unpaired) electrons. The minimum atomic E-state index is -0.787. The van der Waals surface area contributed by atoms with Crippen LogP contribution in [0, 0.1) is 10.1 Å². The van der Waals surface area contributed by atoms with E-state index in [0.717, 1.165) is 0 Å². The van der Waals surface area contributed by atoms with Crippen molar-refractivity contribution in [2.24, 2.45) is 0 Å². The van der Waals surface area contributed by atoms with E-state index in [1.54, 1.807) is 18.5 Å². The van der Waals surface area contributed by atoms with Gasteiger partial charge < -0.3 is 10.4 Å². The van der Waals surface area contributed by atoms with Crippen molar-refractivity contribution in [2.75, 3.05) is 11.9 Å². The predicted molar refractivity (Wildman–Crippen MR) is 68.6 cm³/mol. The number of nitrogens with one attached hydrogen (secondary N) is 1. The molecule has 98 valence electrons. The first kappa shape index (κ1) is 12.9. The molecule has 2 aromatic rings. The first-order valence-electron chi connectivity index (χ1n) is 5.60. The van der Waals surface area contributed by atoms with E-state index in [2.05, 4.69) is 15.3 Å². The number of nitrogens with zero attached hydrogens (tertiary/aromatic N) is 3. The normalized spacial score (nSPS) is 11.8. The zero-order valence-electron chi connectivity index (χ0n) is 9.93. The summed E-state index contributed by atoms with van der Waals surface area (Å²) in [6.07, 6.45) is 2.39. The third-order valence-corrected chi connectivity index (χ3v) is 2.51. The Labute approximate surface area is 109 Å². The molecule has 0 saturated carbocycles. The first-order chi connectivity index (χ1) is 9.16. The van der Waals surface area contributed by atoms with E-state index in [4.69, 9.17) is 0 Å². The zero-order valence-corrected chi connectivity index (χ0v) is 9.93. The maximum atomic E-state index is 10.5. The van der Waals surface area contributed by atoms with Crippen molar-refractivity contribution in [2.45, 2.75) is 6.10 Å². The van der Waals surface area contributed by atoms with Crippen LogP contribution in [0.3, 0.4) is 0 Å². The molecule has 2 N–H and O–H groups in total. The Hall–Kier alpha value is -2.54. The molecule has 19 heavy (non-hydrogen) atoms. The number of aromatic nitrogens is 2. The molecule has 1 heterocycles. The minimum absolute atomic E-state index is 0.00435. The van der Waals surface area contributed by atoms with Crippen molar-refractivity contribution in [1.29, 1.82) is 0 Å². The third-order valence-electron chi connectivity index (χ3n) is 2.51. The highest BCUT2D eigenvalue weighted by Gasteiger charge is 2.10. The fraction of sp³-hybridized carbons (Fsp3) is 0.167. The van der Waals surface area contributed by atoms with Crippen LogP contribution in [-0.2, 0) is 0 Å². The first-order valence-corrected chi connectivity index (χ1v) is 5.60. The number of nitro benzene ring substituents is 1. The highest BCUT2D eigenvalue weighted by molar-refractivity contribution is 5.34. The monoisotopic (exact) mass is 260 g/mol. The summed E-state index contributed by atoms with van der Waals surface area (Å²) in [6.45, 7) is 0.224. The van der Waals surface area contributed by atoms with Crippen LogP contribution in [0.1, 0.15) is 11.7 Å². The van der Waals surface area contributed by atoms with E-state index in [1.165, 1.54) is 24.3 Å². The van der Waals surface area contributed by atoms with E-state index in [0.29, 0.717) is 11.5 Å². The molecule has 7 nitrogen and oxygen atoms in total. The Bertz CT molecular complexity index is 545. The SMILES string of the molecule is O=[N+]([O-])c1ccc([C@H](O)CNc2ncccn2)cc1. The molecule has 0 spiro atoms. The molecule has 1 atom stereocenters. The second kappa shape index (κ2) is 5.87. The van der Waals surface area contributed by atoms with Gasteiger partial charge in [0.25, 0.3) is 5.69 Å². The summed E-state index contributed by atoms with van der Waals surface area (Å²) in [6, 6.07) is 7.46. The summed E-state index contributed by atoms with van der Waals surface area (Å²) < 4.78 is 0. The molecular weight excluding hydrogens is 248 g/mol. The molecule has 1 aromatic heterocycles. The maximum Gasteiger partial charge on any atom is 0.269 e. The van der Waals surface area contributed by atoms with Gasteiger partial charge in [-0.1, -0.05) is 0 Å². The van der Waals surface area contributed by atoms with Gasteiger partial charge in [0.1, 0.15) is 0 Å². The van der Waals surface area contributed by atoms with Crippen LogP contribution in [0.4, 0.5) is 11.6 Å². The van der Waals surface area contributed by atoms with Gasteiger partial charge in [-0.15, -0.1) is 0 Å². The number of nitro groups is 1. The summed E-state index contributed by atoms with van der Waals surface area (Å²) in [5.41, 5.74) is 0.587. The van der Waals surface area contributed by atoms with Gasteiger partial charge in [0.05, 0.1) is 11.0 Å². The molecule has 0 amide bonds. The smallest absolute Gasteiger partial charge is 0.269 e. The lowest BCUT2D eigenvalue weighted by Crippen LogP contribution is -2.13. The highest BCUT2D eigenvalue weighted by Crippen LogP contribution is 2.17. The zero-order chi connectivity index (χ0) is 13.7. The third kappa shape index (κ3) is 3.46. The molecule has 2 rings (SSSR count). The molecule has 0 bridgehead atoms. The number of hydrogen-bond acceptors (Lipinski definition) is 6.